The van der Waals surface area contributed by atoms with Crippen molar-refractivity contribution < 1.29 is 23.9 Å². The van der Waals surface area contributed by atoms with Gasteiger partial charge < -0.3 is 49.8 Å². The van der Waals surface area contributed by atoms with Gasteiger partial charge in [-0.25, -0.2) is 39.5 Å². The molecule has 0 saturated carbocycles. The number of imidazole rings is 3. The fourth-order valence-corrected chi connectivity index (χ4v) is 15.6. The van der Waals surface area contributed by atoms with E-state index in [1.54, 1.807) is 14.1 Å². The zero-order chi connectivity index (χ0) is 81.4. The number of hydrogen-bond donors (Lipinski definition) is 5. The lowest BCUT2D eigenvalue weighted by Gasteiger charge is -2.27. The van der Waals surface area contributed by atoms with Crippen LogP contribution in [0.25, 0.3) is 78.0 Å². The fraction of sp³-hybridized carbons (Fsp3) is 0.337. The summed E-state index contributed by atoms with van der Waals surface area (Å²) in [5.41, 5.74) is 30.8. The molecule has 0 aliphatic carbocycles. The molecule has 2 saturated heterocycles. The number of hydrogen-bond acceptors (Lipinski definition) is 13. The van der Waals surface area contributed by atoms with Crippen molar-refractivity contribution in [3.63, 3.8) is 0 Å². The van der Waals surface area contributed by atoms with Crippen molar-refractivity contribution in [1.82, 2.24) is 80.0 Å². The first kappa shape index (κ1) is 82.2. The Labute approximate surface area is 681 Å². The lowest BCUT2D eigenvalue weighted by Crippen LogP contribution is -2.35. The molecular weight excluding hydrogens is 1450 g/mol. The van der Waals surface area contributed by atoms with Crippen LogP contribution < -0.4 is 26.6 Å². The van der Waals surface area contributed by atoms with Crippen LogP contribution in [0.15, 0.2) is 176 Å². The molecule has 8 heterocycles. The Morgan fingerprint density at radius 2 is 0.681 bits per heavy atom. The molecule has 7 aromatic carbocycles. The summed E-state index contributed by atoms with van der Waals surface area (Å²) in [6, 6.07) is 62.1. The van der Waals surface area contributed by atoms with Gasteiger partial charge in [0, 0.05) is 116 Å². The van der Waals surface area contributed by atoms with E-state index in [1.807, 2.05) is 45.9 Å². The number of fused-ring (bicyclic) bond motifs is 3. The first-order valence-electron chi connectivity index (χ1n) is 40.8. The number of aryl methyl sites for hydroxylation is 9. The summed E-state index contributed by atoms with van der Waals surface area (Å²) in [4.78, 5) is 69.8. The maximum absolute atomic E-state index is 12.0. The van der Waals surface area contributed by atoms with Gasteiger partial charge in [0.05, 0.1) is 46.1 Å². The van der Waals surface area contributed by atoms with Gasteiger partial charge in [-0.1, -0.05) is 167 Å². The van der Waals surface area contributed by atoms with Crippen LogP contribution in [0.2, 0.25) is 0 Å². The zero-order valence-corrected chi connectivity index (χ0v) is 69.3. The monoisotopic (exact) mass is 1550 g/mol. The van der Waals surface area contributed by atoms with Crippen molar-refractivity contribution in [2.75, 3.05) is 66.7 Å². The topological polar surface area (TPSA) is 228 Å². The van der Waals surface area contributed by atoms with Crippen LogP contribution in [0.5, 0.6) is 0 Å². The van der Waals surface area contributed by atoms with E-state index in [0.717, 1.165) is 233 Å². The van der Waals surface area contributed by atoms with Gasteiger partial charge in [-0.05, 0) is 184 Å². The second-order valence-electron chi connectivity index (χ2n) is 30.2. The molecule has 2 aliphatic heterocycles. The van der Waals surface area contributed by atoms with Crippen LogP contribution >= 0.6 is 0 Å². The molecule has 6 aromatic heterocycles. The summed E-state index contributed by atoms with van der Waals surface area (Å²) in [5, 5.41) is 14.2. The third kappa shape index (κ3) is 20.1. The number of urea groups is 2. The first-order valence-corrected chi connectivity index (χ1v) is 40.8. The van der Waals surface area contributed by atoms with E-state index in [0.29, 0.717) is 32.6 Å². The molecule has 21 nitrogen and oxygen atoms in total. The molecule has 2 aliphatic rings. The smallest absolute Gasteiger partial charge is 0.314 e. The number of nitrogens with zero attached hydrogens (tertiary/aromatic N) is 11. The Morgan fingerprint density at radius 3 is 1.03 bits per heavy atom. The van der Waals surface area contributed by atoms with E-state index in [1.165, 1.54) is 38.9 Å². The molecule has 13 aromatic rings. The summed E-state index contributed by atoms with van der Waals surface area (Å²) in [6.45, 7) is 33.0. The highest BCUT2D eigenvalue weighted by atomic mass is 16.5. The highest BCUT2D eigenvalue weighted by molar-refractivity contribution is 5.81. The van der Waals surface area contributed by atoms with E-state index < -0.39 is 0 Å². The quantitative estimate of drug-likeness (QED) is 0.0380. The maximum Gasteiger partial charge on any atom is 0.314 e. The molecule has 2 fully saturated rings. The molecule has 21 heteroatoms. The third-order valence-corrected chi connectivity index (χ3v) is 21.8. The number of benzene rings is 7. The van der Waals surface area contributed by atoms with Gasteiger partial charge in [-0.3, -0.25) is 14.6 Å². The van der Waals surface area contributed by atoms with Gasteiger partial charge in [-0.2, -0.15) is 0 Å². The minimum atomic E-state index is -0.197. The van der Waals surface area contributed by atoms with Crippen molar-refractivity contribution in [3.05, 3.63) is 272 Å². The number of ether oxygens (including phenoxy) is 2. The Morgan fingerprint density at radius 1 is 0.353 bits per heavy atom. The second kappa shape index (κ2) is 38.6. The molecule has 15 rings (SSSR count). The van der Waals surface area contributed by atoms with Gasteiger partial charge in [-0.15, -0.1) is 0 Å². The van der Waals surface area contributed by atoms with Gasteiger partial charge in [0.2, 0.25) is 5.91 Å². The average molecular weight is 1560 g/mol. The van der Waals surface area contributed by atoms with E-state index in [2.05, 4.69) is 249 Å². The second-order valence-corrected chi connectivity index (χ2v) is 30.2. The predicted molar refractivity (Wildman–Crippen MR) is 464 cm³/mol. The van der Waals surface area contributed by atoms with Gasteiger partial charge in [0.25, 0.3) is 0 Å². The van der Waals surface area contributed by atoms with Crippen molar-refractivity contribution in [2.45, 2.75) is 147 Å². The number of amides is 5. The van der Waals surface area contributed by atoms with Crippen LogP contribution in [0.3, 0.4) is 0 Å². The van der Waals surface area contributed by atoms with Gasteiger partial charge in [0.1, 0.15) is 34.0 Å². The minimum absolute atomic E-state index is 0.0621. The normalized spacial score (nSPS) is 13.1. The van der Waals surface area contributed by atoms with Crippen LogP contribution in [0.1, 0.15) is 130 Å². The summed E-state index contributed by atoms with van der Waals surface area (Å²) in [5.74, 6) is 3.21. The molecule has 0 radical (unpaired) electrons. The molecule has 600 valence electrons. The van der Waals surface area contributed by atoms with Crippen LogP contribution in [-0.2, 0) is 85.9 Å². The molecule has 0 unspecified atom stereocenters. The summed E-state index contributed by atoms with van der Waals surface area (Å²) >= 11 is 0. The number of carbonyl (C=O) groups is 3. The number of aromatic nitrogens is 9. The molecular formula is C95H110N16O5. The number of carbonyl (C=O) groups excluding carboxylic acids is 3. The van der Waals surface area contributed by atoms with Crippen LogP contribution in [0, 0.1) is 41.5 Å². The highest BCUT2D eigenvalue weighted by Crippen LogP contribution is 2.34. The summed E-state index contributed by atoms with van der Waals surface area (Å²) in [7, 11) is 3.25. The van der Waals surface area contributed by atoms with Gasteiger partial charge >= 0.3 is 12.1 Å². The standard InChI is InChI=1S/C32H39N5O2.C32H33N5O.C31H38N6O2/c1-5-29-35-31-22(3)17-23(4)34-32(31)37(29)21-24-7-10-26(11-8-24)28-18-25(20-36-13-15-39-16-14-36)9-12-27(28)19-33-30(38)6-2;1-5-29-36-30-21(2)17-22(3)35-31(30)37(29)20-23-11-13-25(14-12-23)28-18-26(24-9-7-6-8-10-24)15-16-27(28)19-34-32(38)33-4;1-5-28-35-29-21(2)16-22(3)34-30(29)37(28)20-23-6-9-25(10-7-23)27-17-24(19-36-12-14-39-15-13-36)8-11-26(27)18-33-31(38)32-4/h7-12,17-18H,5-6,13-16,19-21H2,1-4H3,(H,33,38);6-18H,5,19-20H2,1-4H3,(H2,33,34,38);6-11,16-17H,5,12-15,18-20H2,1-4H3,(H2,32,33,38). The fourth-order valence-electron chi connectivity index (χ4n) is 15.6. The Balaban J connectivity index is 0.000000151. The largest absolute Gasteiger partial charge is 0.379 e. The third-order valence-electron chi connectivity index (χ3n) is 21.8. The minimum Gasteiger partial charge on any atom is -0.379 e. The molecule has 5 amide bonds. The average Bonchev–Trinajstić information content (AvgIpc) is 1.62. The summed E-state index contributed by atoms with van der Waals surface area (Å²) in [6.07, 6.45) is 3.04. The van der Waals surface area contributed by atoms with E-state index in [9.17, 15) is 14.4 Å². The molecule has 0 bridgehead atoms. The zero-order valence-electron chi connectivity index (χ0n) is 69.3. The van der Waals surface area contributed by atoms with Crippen LogP contribution in [-0.4, -0.2) is 138 Å². The number of pyridine rings is 3. The molecule has 0 atom stereocenters. The number of nitrogens with one attached hydrogen (secondary N) is 5. The predicted octanol–water partition coefficient (Wildman–Crippen LogP) is 16.2. The number of rotatable bonds is 24. The Hall–Kier alpha value is -11.8. The summed E-state index contributed by atoms with van der Waals surface area (Å²) < 4.78 is 17.8. The SMILES string of the molecule is CCC(=O)NCc1ccc(CN2CCOCC2)cc1-c1ccc(Cn2c(CC)nc3c(C)cc(C)nc32)cc1.CCc1nc2c(C)cc(C)nc2n1Cc1ccc(-c2cc(-c3ccccc3)ccc2CNC(=O)NC)cc1.CCc1nc2c(C)cc(C)nc2n1Cc1ccc(-c2cc(CN3CCOCC3)ccc2CNC(=O)NC)cc1. The lowest BCUT2D eigenvalue weighted by atomic mass is 9.94. The van der Waals surface area contributed by atoms with E-state index >= 15 is 0 Å². The van der Waals surface area contributed by atoms with Crippen LogP contribution in [0.4, 0.5) is 9.59 Å². The van der Waals surface area contributed by atoms with Crippen molar-refractivity contribution in [2.24, 2.45) is 0 Å². The molecule has 5 N–H and O–H groups in total. The Bertz CT molecular complexity index is 5360. The number of morpholine rings is 2. The van der Waals surface area contributed by atoms with E-state index in [-0.39, 0.29) is 18.0 Å². The van der Waals surface area contributed by atoms with Crippen molar-refractivity contribution in [3.8, 4) is 44.5 Å². The highest BCUT2D eigenvalue weighted by Gasteiger charge is 2.22. The van der Waals surface area contributed by atoms with Crippen molar-refractivity contribution in [1.29, 1.82) is 0 Å². The molecule has 0 spiro atoms. The first-order chi connectivity index (χ1) is 56.3. The van der Waals surface area contributed by atoms with E-state index in [4.69, 9.17) is 39.4 Å². The Kier molecular flexibility index (Phi) is 27.4. The van der Waals surface area contributed by atoms with Gasteiger partial charge in [0.15, 0.2) is 16.9 Å². The molecule has 116 heavy (non-hydrogen) atoms. The van der Waals surface area contributed by atoms with Crippen molar-refractivity contribution >= 4 is 51.5 Å². The maximum atomic E-state index is 12.0. The lowest BCUT2D eigenvalue weighted by molar-refractivity contribution is -0.120.